The normalized spacial score (nSPS) is 17.7. The summed E-state index contributed by atoms with van der Waals surface area (Å²) in [6, 6.07) is 18.1. The van der Waals surface area contributed by atoms with Crippen LogP contribution in [0.5, 0.6) is 0 Å². The van der Waals surface area contributed by atoms with E-state index in [1.807, 2.05) is 54.1 Å². The Labute approximate surface area is 219 Å². The molecule has 1 unspecified atom stereocenters. The van der Waals surface area contributed by atoms with Crippen LogP contribution in [-0.4, -0.2) is 34.7 Å². The van der Waals surface area contributed by atoms with Crippen LogP contribution in [0.4, 0.5) is 5.82 Å². The average molecular weight is 503 g/mol. The number of rotatable bonds is 9. The van der Waals surface area contributed by atoms with E-state index in [1.54, 1.807) is 6.20 Å². The van der Waals surface area contributed by atoms with Crippen molar-refractivity contribution < 1.29 is 9.59 Å². The number of carbonyl (C=O) groups excluding carboxylic acids is 2. The van der Waals surface area contributed by atoms with Gasteiger partial charge in [0.05, 0.1) is 17.8 Å². The van der Waals surface area contributed by atoms with Gasteiger partial charge in [0.25, 0.3) is 5.91 Å². The van der Waals surface area contributed by atoms with E-state index in [4.69, 9.17) is 5.73 Å². The van der Waals surface area contributed by atoms with Crippen molar-refractivity contribution in [3.05, 3.63) is 83.0 Å². The van der Waals surface area contributed by atoms with Crippen molar-refractivity contribution in [1.29, 1.82) is 0 Å². The molecule has 5 N–H and O–H groups in total. The molecule has 2 aromatic carbocycles. The monoisotopic (exact) mass is 502 g/mol. The highest BCUT2D eigenvalue weighted by Crippen LogP contribution is 2.40. The number of hydrogen-bond donors (Lipinski definition) is 4. The van der Waals surface area contributed by atoms with Gasteiger partial charge in [-0.1, -0.05) is 68.4 Å². The molecule has 8 nitrogen and oxygen atoms in total. The van der Waals surface area contributed by atoms with E-state index >= 15 is 0 Å². The van der Waals surface area contributed by atoms with Crippen molar-refractivity contribution in [1.82, 2.24) is 20.4 Å². The Kier molecular flexibility index (Phi) is 7.68. The van der Waals surface area contributed by atoms with Gasteiger partial charge in [0.2, 0.25) is 5.91 Å². The maximum Gasteiger partial charge on any atom is 0.257 e. The molecule has 2 amide bonds. The molecule has 2 atom stereocenters. The maximum absolute atomic E-state index is 13.9. The molecule has 2 heterocycles. The van der Waals surface area contributed by atoms with E-state index in [0.29, 0.717) is 30.9 Å². The number of nitrogens with two attached hydrogens (primary N) is 1. The summed E-state index contributed by atoms with van der Waals surface area (Å²) in [5.41, 5.74) is 7.54. The lowest BCUT2D eigenvalue weighted by Gasteiger charge is -2.38. The first kappa shape index (κ1) is 26.4. The molecule has 0 spiro atoms. The summed E-state index contributed by atoms with van der Waals surface area (Å²) in [6.07, 6.45) is 3.66. The number of amides is 2. The van der Waals surface area contributed by atoms with Crippen molar-refractivity contribution in [2.45, 2.75) is 64.1 Å². The lowest BCUT2D eigenvalue weighted by molar-refractivity contribution is -0.127. The number of hydrogen-bond acceptors (Lipinski definition) is 5. The SMILES string of the molecule is CCc1ccc(C(CC)(NC(=O)c2cnn3c2N[C@@H](c2ccccc2)CC3(C)C)C(=O)NCCN)cc1. The van der Waals surface area contributed by atoms with Crippen molar-refractivity contribution >= 4 is 17.6 Å². The summed E-state index contributed by atoms with van der Waals surface area (Å²) < 4.78 is 1.87. The molecule has 0 saturated carbocycles. The van der Waals surface area contributed by atoms with Crippen LogP contribution in [-0.2, 0) is 22.3 Å². The highest BCUT2D eigenvalue weighted by Gasteiger charge is 2.42. The van der Waals surface area contributed by atoms with Gasteiger partial charge in [0.15, 0.2) is 0 Å². The second kappa shape index (κ2) is 10.8. The van der Waals surface area contributed by atoms with Crippen LogP contribution in [0.3, 0.4) is 0 Å². The summed E-state index contributed by atoms with van der Waals surface area (Å²) in [4.78, 5) is 27.4. The largest absolute Gasteiger partial charge is 0.363 e. The maximum atomic E-state index is 13.9. The molecule has 1 aromatic heterocycles. The van der Waals surface area contributed by atoms with Crippen LogP contribution < -0.4 is 21.7 Å². The standard InChI is InChI=1S/C29H38N6O2/c1-5-20-12-14-22(15-13-20)29(6-2,27(37)31-17-16-30)34-26(36)23-19-32-35-25(23)33-24(18-28(35,3)4)21-10-8-7-9-11-21/h7-15,19,24,33H,5-6,16-18,30H2,1-4H3,(H,31,37)(H,34,36)/t24-,29?/m1/s1. The molecule has 196 valence electrons. The predicted octanol–water partition coefficient (Wildman–Crippen LogP) is 3.85. The zero-order chi connectivity index (χ0) is 26.6. The molecule has 1 aliphatic rings. The van der Waals surface area contributed by atoms with E-state index in [9.17, 15) is 9.59 Å². The molecule has 37 heavy (non-hydrogen) atoms. The Morgan fingerprint density at radius 1 is 1.14 bits per heavy atom. The molecule has 0 radical (unpaired) electrons. The fourth-order valence-electron chi connectivity index (χ4n) is 5.14. The molecule has 0 bridgehead atoms. The minimum Gasteiger partial charge on any atom is -0.363 e. The predicted molar refractivity (Wildman–Crippen MR) is 146 cm³/mol. The Hall–Kier alpha value is -3.65. The van der Waals surface area contributed by atoms with Gasteiger partial charge in [-0.2, -0.15) is 5.10 Å². The van der Waals surface area contributed by atoms with Crippen LogP contribution in [0.1, 0.15) is 73.6 Å². The van der Waals surface area contributed by atoms with Crippen molar-refractivity contribution in [2.75, 3.05) is 18.4 Å². The van der Waals surface area contributed by atoms with E-state index in [0.717, 1.165) is 29.5 Å². The second-order valence-corrected chi connectivity index (χ2v) is 10.3. The van der Waals surface area contributed by atoms with Crippen LogP contribution in [0.15, 0.2) is 60.8 Å². The van der Waals surface area contributed by atoms with Crippen molar-refractivity contribution in [2.24, 2.45) is 5.73 Å². The summed E-state index contributed by atoms with van der Waals surface area (Å²) in [6.45, 7) is 8.85. The number of carbonyl (C=O) groups is 2. The third kappa shape index (κ3) is 5.11. The average Bonchev–Trinajstić information content (AvgIpc) is 3.36. The van der Waals surface area contributed by atoms with Crippen LogP contribution in [0, 0.1) is 0 Å². The molecular weight excluding hydrogens is 464 g/mol. The summed E-state index contributed by atoms with van der Waals surface area (Å²) in [5.74, 6) is 0.00779. The topological polar surface area (TPSA) is 114 Å². The first-order chi connectivity index (χ1) is 17.8. The molecule has 8 heteroatoms. The summed E-state index contributed by atoms with van der Waals surface area (Å²) in [5, 5.41) is 14.1. The van der Waals surface area contributed by atoms with Gasteiger partial charge in [-0.25, -0.2) is 4.68 Å². The fourth-order valence-corrected chi connectivity index (χ4v) is 5.14. The summed E-state index contributed by atoms with van der Waals surface area (Å²) in [7, 11) is 0. The Morgan fingerprint density at radius 3 is 2.46 bits per heavy atom. The van der Waals surface area contributed by atoms with Gasteiger partial charge in [-0.3, -0.25) is 9.59 Å². The first-order valence-electron chi connectivity index (χ1n) is 13.1. The number of nitrogens with one attached hydrogen (secondary N) is 3. The fraction of sp³-hybridized carbons (Fsp3) is 0.414. The lowest BCUT2D eigenvalue weighted by Crippen LogP contribution is -2.56. The minimum absolute atomic E-state index is 0.0253. The number of aryl methyl sites for hydroxylation is 1. The van der Waals surface area contributed by atoms with Crippen molar-refractivity contribution in [3.63, 3.8) is 0 Å². The highest BCUT2D eigenvalue weighted by molar-refractivity contribution is 6.02. The molecule has 0 saturated heterocycles. The quantitative estimate of drug-likeness (QED) is 0.355. The van der Waals surface area contributed by atoms with Gasteiger partial charge >= 0.3 is 0 Å². The molecule has 0 fully saturated rings. The highest BCUT2D eigenvalue weighted by atomic mass is 16.2. The van der Waals surface area contributed by atoms with Gasteiger partial charge in [0, 0.05) is 13.1 Å². The van der Waals surface area contributed by atoms with Gasteiger partial charge in [-0.05, 0) is 49.8 Å². The number of anilines is 1. The molecular formula is C29H38N6O2. The Bertz CT molecular complexity index is 1240. The van der Waals surface area contributed by atoms with Gasteiger partial charge in [0.1, 0.15) is 16.9 Å². The summed E-state index contributed by atoms with van der Waals surface area (Å²) >= 11 is 0. The van der Waals surface area contributed by atoms with Crippen LogP contribution in [0.2, 0.25) is 0 Å². The first-order valence-corrected chi connectivity index (χ1v) is 13.1. The number of nitrogens with zero attached hydrogens (tertiary/aromatic N) is 2. The van der Waals surface area contributed by atoms with Gasteiger partial charge in [-0.15, -0.1) is 0 Å². The Morgan fingerprint density at radius 2 is 1.84 bits per heavy atom. The molecule has 4 rings (SSSR count). The number of benzene rings is 2. The van der Waals surface area contributed by atoms with Crippen molar-refractivity contribution in [3.8, 4) is 0 Å². The van der Waals surface area contributed by atoms with E-state index in [-0.39, 0.29) is 23.4 Å². The zero-order valence-electron chi connectivity index (χ0n) is 22.2. The second-order valence-electron chi connectivity index (χ2n) is 10.3. The van der Waals surface area contributed by atoms with E-state index < -0.39 is 5.54 Å². The molecule has 0 aliphatic carbocycles. The van der Waals surface area contributed by atoms with E-state index in [2.05, 4.69) is 54.0 Å². The zero-order valence-corrected chi connectivity index (χ0v) is 22.2. The third-order valence-electron chi connectivity index (χ3n) is 7.33. The molecule has 1 aliphatic heterocycles. The number of aromatic nitrogens is 2. The van der Waals surface area contributed by atoms with E-state index in [1.165, 1.54) is 0 Å². The van der Waals surface area contributed by atoms with Gasteiger partial charge < -0.3 is 21.7 Å². The Balaban J connectivity index is 1.71. The lowest BCUT2D eigenvalue weighted by atomic mass is 9.85. The third-order valence-corrected chi connectivity index (χ3v) is 7.33. The smallest absolute Gasteiger partial charge is 0.257 e. The molecule has 3 aromatic rings. The number of fused-ring (bicyclic) bond motifs is 1. The van der Waals surface area contributed by atoms with Crippen LogP contribution >= 0.6 is 0 Å². The minimum atomic E-state index is -1.25. The van der Waals surface area contributed by atoms with Crippen LogP contribution in [0.25, 0.3) is 0 Å².